The molecule has 24 heavy (non-hydrogen) atoms. The van der Waals surface area contributed by atoms with Crippen LogP contribution in [-0.2, 0) is 4.74 Å². The third-order valence-corrected chi connectivity index (χ3v) is 4.14. The number of ether oxygens (including phenoxy) is 2. The Balaban J connectivity index is 2.07. The summed E-state index contributed by atoms with van der Waals surface area (Å²) >= 11 is 0. The monoisotopic (exact) mass is 336 g/mol. The molecule has 0 fully saturated rings. The Labute approximate surface area is 146 Å². The molecule has 1 rings (SSSR count). The van der Waals surface area contributed by atoms with Crippen LogP contribution in [0.25, 0.3) is 0 Å². The van der Waals surface area contributed by atoms with Crippen LogP contribution in [0.15, 0.2) is 18.2 Å². The first-order valence-corrected chi connectivity index (χ1v) is 9.23. The lowest BCUT2D eigenvalue weighted by molar-refractivity contribution is 0.0597. The Hall–Kier alpha value is -1.71. The number of carbonyl (C=O) groups is 1. The summed E-state index contributed by atoms with van der Waals surface area (Å²) in [6.45, 7) is 2.88. The average Bonchev–Trinajstić information content (AvgIpc) is 2.59. The van der Waals surface area contributed by atoms with Crippen molar-refractivity contribution < 1.29 is 19.4 Å². The van der Waals surface area contributed by atoms with Gasteiger partial charge in [0.05, 0.1) is 13.7 Å². The molecule has 0 atom stereocenters. The minimum Gasteiger partial charge on any atom is -0.507 e. The maximum atomic E-state index is 11.4. The molecule has 0 heterocycles. The summed E-state index contributed by atoms with van der Waals surface area (Å²) in [6.07, 6.45) is 12.9. The van der Waals surface area contributed by atoms with E-state index < -0.39 is 5.97 Å². The highest BCUT2D eigenvalue weighted by Gasteiger charge is 2.11. The highest BCUT2D eigenvalue weighted by Crippen LogP contribution is 2.24. The Bertz CT molecular complexity index is 471. The number of methoxy groups -OCH3 is 1. The van der Waals surface area contributed by atoms with Crippen molar-refractivity contribution in [1.82, 2.24) is 0 Å². The number of phenols is 1. The van der Waals surface area contributed by atoms with E-state index in [0.717, 1.165) is 6.42 Å². The number of carbonyl (C=O) groups excluding carboxylic acids is 1. The molecule has 136 valence electrons. The van der Waals surface area contributed by atoms with Gasteiger partial charge in [-0.25, -0.2) is 4.79 Å². The molecule has 0 bridgehead atoms. The van der Waals surface area contributed by atoms with E-state index in [4.69, 9.17) is 4.74 Å². The third-order valence-electron chi connectivity index (χ3n) is 4.14. The fourth-order valence-electron chi connectivity index (χ4n) is 2.66. The smallest absolute Gasteiger partial charge is 0.341 e. The van der Waals surface area contributed by atoms with Crippen LogP contribution in [0.5, 0.6) is 11.5 Å². The zero-order valence-corrected chi connectivity index (χ0v) is 15.2. The van der Waals surface area contributed by atoms with E-state index in [0.29, 0.717) is 12.4 Å². The van der Waals surface area contributed by atoms with Gasteiger partial charge in [-0.05, 0) is 18.6 Å². The Morgan fingerprint density at radius 3 is 2.08 bits per heavy atom. The van der Waals surface area contributed by atoms with Crippen molar-refractivity contribution in [3.8, 4) is 11.5 Å². The lowest BCUT2D eigenvalue weighted by Crippen LogP contribution is -2.02. The first-order chi connectivity index (χ1) is 11.7. The fourth-order valence-corrected chi connectivity index (χ4v) is 2.66. The van der Waals surface area contributed by atoms with E-state index in [2.05, 4.69) is 11.7 Å². The number of rotatable bonds is 13. The normalized spacial score (nSPS) is 10.6. The SMILES string of the molecule is CCCCCCCCCCCCOc1ccc(C(=O)OC)c(O)c1. The van der Waals surface area contributed by atoms with E-state index in [1.807, 2.05) is 0 Å². The van der Waals surface area contributed by atoms with Crippen molar-refractivity contribution in [2.75, 3.05) is 13.7 Å². The summed E-state index contributed by atoms with van der Waals surface area (Å²) in [5.41, 5.74) is 0.156. The molecule has 1 aromatic rings. The molecule has 0 amide bonds. The van der Waals surface area contributed by atoms with E-state index in [-0.39, 0.29) is 11.3 Å². The first kappa shape index (κ1) is 20.3. The highest BCUT2D eigenvalue weighted by molar-refractivity contribution is 5.92. The number of esters is 1. The van der Waals surface area contributed by atoms with E-state index in [9.17, 15) is 9.90 Å². The summed E-state index contributed by atoms with van der Waals surface area (Å²) in [4.78, 5) is 11.4. The van der Waals surface area contributed by atoms with Crippen molar-refractivity contribution >= 4 is 5.97 Å². The van der Waals surface area contributed by atoms with Gasteiger partial charge in [0.15, 0.2) is 0 Å². The first-order valence-electron chi connectivity index (χ1n) is 9.23. The number of phenolic OH excluding ortho intramolecular Hbond substituents is 1. The highest BCUT2D eigenvalue weighted by atomic mass is 16.5. The zero-order valence-electron chi connectivity index (χ0n) is 15.2. The topological polar surface area (TPSA) is 55.8 Å². The molecule has 0 saturated heterocycles. The van der Waals surface area contributed by atoms with Crippen LogP contribution in [0.1, 0.15) is 81.5 Å². The van der Waals surface area contributed by atoms with Crippen LogP contribution in [0.2, 0.25) is 0 Å². The van der Waals surface area contributed by atoms with Gasteiger partial charge < -0.3 is 14.6 Å². The molecule has 0 aliphatic rings. The van der Waals surface area contributed by atoms with Crippen LogP contribution in [0, 0.1) is 0 Å². The van der Waals surface area contributed by atoms with Crippen molar-refractivity contribution in [2.45, 2.75) is 71.1 Å². The predicted octanol–water partition coefficient (Wildman–Crippen LogP) is 5.48. The van der Waals surface area contributed by atoms with Crippen LogP contribution < -0.4 is 4.74 Å². The van der Waals surface area contributed by atoms with Gasteiger partial charge in [-0.15, -0.1) is 0 Å². The summed E-state index contributed by atoms with van der Waals surface area (Å²) in [7, 11) is 1.29. The molecule has 1 N–H and O–H groups in total. The molecule has 0 unspecified atom stereocenters. The Kier molecular flexibility index (Phi) is 10.7. The second-order valence-corrected chi connectivity index (χ2v) is 6.20. The Morgan fingerprint density at radius 1 is 0.958 bits per heavy atom. The molecule has 1 aromatic carbocycles. The summed E-state index contributed by atoms with van der Waals surface area (Å²) in [6, 6.07) is 4.67. The maximum Gasteiger partial charge on any atom is 0.341 e. The molecular weight excluding hydrogens is 304 g/mol. The van der Waals surface area contributed by atoms with E-state index >= 15 is 0 Å². The standard InChI is InChI=1S/C20H32O4/c1-3-4-5-6-7-8-9-10-11-12-15-24-17-13-14-18(19(21)16-17)20(22)23-2/h13-14,16,21H,3-12,15H2,1-2H3. The van der Waals surface area contributed by atoms with Crippen LogP contribution >= 0.6 is 0 Å². The van der Waals surface area contributed by atoms with E-state index in [1.54, 1.807) is 6.07 Å². The van der Waals surface area contributed by atoms with Crippen molar-refractivity contribution in [3.63, 3.8) is 0 Å². The second-order valence-electron chi connectivity index (χ2n) is 6.20. The quantitative estimate of drug-likeness (QED) is 0.383. The number of unbranched alkanes of at least 4 members (excludes halogenated alkanes) is 9. The molecule has 4 nitrogen and oxygen atoms in total. The van der Waals surface area contributed by atoms with Gasteiger partial charge in [0, 0.05) is 6.07 Å². The minimum absolute atomic E-state index is 0.109. The Morgan fingerprint density at radius 2 is 1.54 bits per heavy atom. The second kappa shape index (κ2) is 12.7. The van der Waals surface area contributed by atoms with E-state index in [1.165, 1.54) is 77.0 Å². The van der Waals surface area contributed by atoms with Gasteiger partial charge in [0.2, 0.25) is 0 Å². The van der Waals surface area contributed by atoms with Gasteiger partial charge >= 0.3 is 5.97 Å². The van der Waals surface area contributed by atoms with Crippen molar-refractivity contribution in [1.29, 1.82) is 0 Å². The largest absolute Gasteiger partial charge is 0.507 e. The van der Waals surface area contributed by atoms with Gasteiger partial charge in [0.1, 0.15) is 17.1 Å². The summed E-state index contributed by atoms with van der Waals surface area (Å²) < 4.78 is 10.2. The lowest BCUT2D eigenvalue weighted by Gasteiger charge is -2.08. The number of hydrogen-bond acceptors (Lipinski definition) is 4. The van der Waals surface area contributed by atoms with Crippen molar-refractivity contribution in [2.24, 2.45) is 0 Å². The molecule has 4 heteroatoms. The summed E-state index contributed by atoms with van der Waals surface area (Å²) in [5.74, 6) is -0.0766. The number of benzene rings is 1. The van der Waals surface area contributed by atoms with Crippen molar-refractivity contribution in [3.05, 3.63) is 23.8 Å². The van der Waals surface area contributed by atoms with Gasteiger partial charge in [0.25, 0.3) is 0 Å². The predicted molar refractivity (Wildman–Crippen MR) is 96.8 cm³/mol. The molecule has 0 aromatic heterocycles. The molecule has 0 saturated carbocycles. The molecule has 0 aliphatic heterocycles. The molecule has 0 radical (unpaired) electrons. The lowest BCUT2D eigenvalue weighted by atomic mass is 10.1. The molecular formula is C20H32O4. The van der Waals surface area contributed by atoms with Gasteiger partial charge in [-0.2, -0.15) is 0 Å². The molecule has 0 spiro atoms. The summed E-state index contributed by atoms with van der Waals surface area (Å²) in [5, 5.41) is 9.79. The van der Waals surface area contributed by atoms with Crippen LogP contribution in [0.4, 0.5) is 0 Å². The number of aromatic hydroxyl groups is 1. The minimum atomic E-state index is -0.547. The maximum absolute atomic E-state index is 11.4. The van der Waals surface area contributed by atoms with Crippen LogP contribution in [-0.4, -0.2) is 24.8 Å². The average molecular weight is 336 g/mol. The van der Waals surface area contributed by atoms with Gasteiger partial charge in [-0.1, -0.05) is 64.7 Å². The number of hydrogen-bond donors (Lipinski definition) is 1. The molecule has 0 aliphatic carbocycles. The zero-order chi connectivity index (χ0) is 17.6. The third kappa shape index (κ3) is 8.23. The van der Waals surface area contributed by atoms with Gasteiger partial charge in [-0.3, -0.25) is 0 Å². The van der Waals surface area contributed by atoms with Crippen LogP contribution in [0.3, 0.4) is 0 Å². The fraction of sp³-hybridized carbons (Fsp3) is 0.650.